The first-order valence-corrected chi connectivity index (χ1v) is 4.13. The maximum absolute atomic E-state index is 11.2. The summed E-state index contributed by atoms with van der Waals surface area (Å²) in [5.74, 6) is 0.191. The summed E-state index contributed by atoms with van der Waals surface area (Å²) >= 11 is 0. The molecule has 2 aliphatic rings. The highest BCUT2D eigenvalue weighted by atomic mass is 16.5. The molecule has 4 nitrogen and oxygen atoms in total. The summed E-state index contributed by atoms with van der Waals surface area (Å²) in [7, 11) is 1.35. The maximum atomic E-state index is 11.2. The van der Waals surface area contributed by atoms with E-state index in [9.17, 15) is 9.59 Å². The van der Waals surface area contributed by atoms with Crippen molar-refractivity contribution in [1.29, 1.82) is 0 Å². The first kappa shape index (κ1) is 7.58. The lowest BCUT2D eigenvalue weighted by molar-refractivity contribution is -0.120. The van der Waals surface area contributed by atoms with Gasteiger partial charge in [-0.2, -0.15) is 0 Å². The number of methoxy groups -OCH3 is 1. The van der Waals surface area contributed by atoms with Crippen LogP contribution >= 0.6 is 0 Å². The number of carbonyl (C=O) groups is 2. The maximum Gasteiger partial charge on any atom is 0.410 e. The van der Waals surface area contributed by atoms with Crippen LogP contribution in [0.1, 0.15) is 19.3 Å². The van der Waals surface area contributed by atoms with E-state index in [4.69, 9.17) is 0 Å². The van der Waals surface area contributed by atoms with Crippen molar-refractivity contribution in [1.82, 2.24) is 4.90 Å². The summed E-state index contributed by atoms with van der Waals surface area (Å²) in [6, 6.07) is -0.0580. The van der Waals surface area contributed by atoms with Crippen LogP contribution in [-0.2, 0) is 9.53 Å². The molecule has 12 heavy (non-hydrogen) atoms. The third-order valence-corrected chi connectivity index (χ3v) is 2.70. The van der Waals surface area contributed by atoms with E-state index in [1.807, 2.05) is 0 Å². The summed E-state index contributed by atoms with van der Waals surface area (Å²) in [6.07, 6.45) is 1.94. The quantitative estimate of drug-likeness (QED) is 0.532. The van der Waals surface area contributed by atoms with Crippen molar-refractivity contribution >= 4 is 11.9 Å². The largest absolute Gasteiger partial charge is 0.453 e. The third-order valence-electron chi connectivity index (χ3n) is 2.70. The lowest BCUT2D eigenvalue weighted by Gasteiger charge is -2.18. The number of carbonyl (C=O) groups excluding carboxylic acids is 2. The molecule has 1 amide bonds. The minimum Gasteiger partial charge on any atom is -0.453 e. The van der Waals surface area contributed by atoms with Gasteiger partial charge in [-0.15, -0.1) is 0 Å². The summed E-state index contributed by atoms with van der Waals surface area (Å²) < 4.78 is 4.60. The van der Waals surface area contributed by atoms with Gasteiger partial charge in [-0.1, -0.05) is 0 Å². The molecule has 2 atom stereocenters. The van der Waals surface area contributed by atoms with E-state index < -0.39 is 0 Å². The van der Waals surface area contributed by atoms with Gasteiger partial charge in [0.15, 0.2) is 5.78 Å². The van der Waals surface area contributed by atoms with Crippen molar-refractivity contribution in [3.63, 3.8) is 0 Å². The standard InChI is InChI=1S/C8H11NO3/c1-12-8(11)9-5-2-3-6(9)7(10)4-5/h5-6H,2-4H2,1H3/t5-,6+/m0/s1. The zero-order chi connectivity index (χ0) is 8.72. The molecule has 2 rings (SSSR count). The Labute approximate surface area is 70.5 Å². The molecule has 0 spiro atoms. The highest BCUT2D eigenvalue weighted by Gasteiger charge is 2.48. The van der Waals surface area contributed by atoms with Gasteiger partial charge in [-0.25, -0.2) is 4.79 Å². The Kier molecular flexibility index (Phi) is 1.56. The van der Waals surface area contributed by atoms with E-state index in [1.54, 1.807) is 4.90 Å². The molecular formula is C8H11NO3. The molecule has 0 aromatic carbocycles. The smallest absolute Gasteiger partial charge is 0.410 e. The predicted molar refractivity (Wildman–Crippen MR) is 40.7 cm³/mol. The molecular weight excluding hydrogens is 158 g/mol. The van der Waals surface area contributed by atoms with E-state index in [-0.39, 0.29) is 24.0 Å². The average Bonchev–Trinajstić information content (AvgIpc) is 2.59. The van der Waals surface area contributed by atoms with Gasteiger partial charge >= 0.3 is 6.09 Å². The van der Waals surface area contributed by atoms with E-state index in [2.05, 4.69) is 4.74 Å². The summed E-state index contributed by atoms with van der Waals surface area (Å²) in [5, 5.41) is 0. The van der Waals surface area contributed by atoms with Gasteiger partial charge in [0.2, 0.25) is 0 Å². The third kappa shape index (κ3) is 0.838. The minimum absolute atomic E-state index is 0.120. The monoisotopic (exact) mass is 169 g/mol. The normalized spacial score (nSPS) is 32.8. The van der Waals surface area contributed by atoms with Gasteiger partial charge in [0.05, 0.1) is 13.2 Å². The van der Waals surface area contributed by atoms with Crippen LogP contribution in [0.5, 0.6) is 0 Å². The summed E-state index contributed by atoms with van der Waals surface area (Å²) in [5.41, 5.74) is 0. The fraction of sp³-hybridized carbons (Fsp3) is 0.750. The van der Waals surface area contributed by atoms with Crippen LogP contribution in [0.2, 0.25) is 0 Å². The van der Waals surface area contributed by atoms with Crippen LogP contribution in [0.4, 0.5) is 4.79 Å². The first-order chi connectivity index (χ1) is 5.74. The number of ketones is 1. The number of fused-ring (bicyclic) bond motifs is 2. The van der Waals surface area contributed by atoms with Gasteiger partial charge in [-0.05, 0) is 12.8 Å². The second-order valence-corrected chi connectivity index (χ2v) is 3.29. The fourth-order valence-electron chi connectivity index (χ4n) is 2.15. The average molecular weight is 169 g/mol. The Balaban J connectivity index is 2.18. The van der Waals surface area contributed by atoms with Crippen LogP contribution in [0.15, 0.2) is 0 Å². The molecule has 66 valence electrons. The Morgan fingerprint density at radius 3 is 2.75 bits per heavy atom. The van der Waals surface area contributed by atoms with Crippen molar-refractivity contribution in [3.05, 3.63) is 0 Å². The van der Waals surface area contributed by atoms with Crippen LogP contribution in [0.3, 0.4) is 0 Å². The molecule has 4 heteroatoms. The van der Waals surface area contributed by atoms with E-state index in [1.165, 1.54) is 7.11 Å². The molecule has 0 radical (unpaired) electrons. The van der Waals surface area contributed by atoms with Gasteiger partial charge in [0.1, 0.15) is 0 Å². The Morgan fingerprint density at radius 1 is 1.58 bits per heavy atom. The van der Waals surface area contributed by atoms with Crippen LogP contribution in [0.25, 0.3) is 0 Å². The number of nitrogens with zero attached hydrogens (tertiary/aromatic N) is 1. The Bertz CT molecular complexity index is 238. The van der Waals surface area contributed by atoms with E-state index in [0.717, 1.165) is 12.8 Å². The second kappa shape index (κ2) is 2.47. The number of rotatable bonds is 0. The lowest BCUT2D eigenvalue weighted by atomic mass is 10.00. The Hall–Kier alpha value is -1.06. The van der Waals surface area contributed by atoms with Crippen LogP contribution < -0.4 is 0 Å². The predicted octanol–water partition coefficient (Wildman–Crippen LogP) is 0.559. The minimum atomic E-state index is -0.353. The topological polar surface area (TPSA) is 46.6 Å². The summed E-state index contributed by atoms with van der Waals surface area (Å²) in [4.78, 5) is 24.0. The first-order valence-electron chi connectivity index (χ1n) is 4.13. The number of hydrogen-bond acceptors (Lipinski definition) is 3. The highest BCUT2D eigenvalue weighted by Crippen LogP contribution is 2.35. The zero-order valence-corrected chi connectivity index (χ0v) is 6.95. The van der Waals surface area contributed by atoms with Crippen LogP contribution in [-0.4, -0.2) is 36.0 Å². The van der Waals surface area contributed by atoms with Crippen molar-refractivity contribution in [3.8, 4) is 0 Å². The molecule has 0 aromatic heterocycles. The molecule has 2 saturated heterocycles. The fourth-order valence-corrected chi connectivity index (χ4v) is 2.15. The van der Waals surface area contributed by atoms with Gasteiger partial charge in [0, 0.05) is 12.5 Å². The number of amides is 1. The SMILES string of the molecule is COC(=O)N1[C@H]2CC[C@@H]1C(=O)C2. The molecule has 0 unspecified atom stereocenters. The summed E-state index contributed by atoms with van der Waals surface area (Å²) in [6.45, 7) is 0. The molecule has 2 aliphatic heterocycles. The van der Waals surface area contributed by atoms with Crippen molar-refractivity contribution < 1.29 is 14.3 Å². The van der Waals surface area contributed by atoms with Gasteiger partial charge in [0.25, 0.3) is 0 Å². The molecule has 0 aromatic rings. The van der Waals surface area contributed by atoms with Gasteiger partial charge in [-0.3, -0.25) is 9.69 Å². The van der Waals surface area contributed by atoms with Crippen molar-refractivity contribution in [2.45, 2.75) is 31.3 Å². The van der Waals surface area contributed by atoms with E-state index in [0.29, 0.717) is 6.42 Å². The molecule has 0 saturated carbocycles. The number of ether oxygens (including phenoxy) is 1. The molecule has 2 heterocycles. The van der Waals surface area contributed by atoms with Crippen molar-refractivity contribution in [2.75, 3.05) is 7.11 Å². The lowest BCUT2D eigenvalue weighted by Crippen LogP contribution is -2.36. The van der Waals surface area contributed by atoms with Crippen LogP contribution in [0, 0.1) is 0 Å². The highest BCUT2D eigenvalue weighted by molar-refractivity contribution is 5.92. The van der Waals surface area contributed by atoms with Crippen molar-refractivity contribution in [2.24, 2.45) is 0 Å². The second-order valence-electron chi connectivity index (χ2n) is 3.29. The Morgan fingerprint density at radius 2 is 2.33 bits per heavy atom. The molecule has 0 aliphatic carbocycles. The molecule has 0 N–H and O–H groups in total. The zero-order valence-electron chi connectivity index (χ0n) is 6.95. The molecule has 2 bridgehead atoms. The van der Waals surface area contributed by atoms with Gasteiger partial charge < -0.3 is 4.74 Å². The number of hydrogen-bond donors (Lipinski definition) is 0. The van der Waals surface area contributed by atoms with E-state index >= 15 is 0 Å². The number of Topliss-reactive ketones (excluding diaryl/α,β-unsaturated/α-hetero) is 1. The molecule has 2 fully saturated rings.